The van der Waals surface area contributed by atoms with Gasteiger partial charge in [-0.1, -0.05) is 56.3 Å². The normalized spacial score (nSPS) is 13.3. The van der Waals surface area contributed by atoms with Crippen molar-refractivity contribution in [1.82, 2.24) is 5.48 Å². The Morgan fingerprint density at radius 3 is 2.57 bits per heavy atom. The van der Waals surface area contributed by atoms with E-state index in [0.29, 0.717) is 0 Å². The molecule has 1 unspecified atom stereocenters. The summed E-state index contributed by atoms with van der Waals surface area (Å²) in [5.74, 6) is -0.269. The molecule has 0 aliphatic carbocycles. The van der Waals surface area contributed by atoms with Crippen LogP contribution in [-0.2, 0) is 9.63 Å². The van der Waals surface area contributed by atoms with Gasteiger partial charge < -0.3 is 0 Å². The van der Waals surface area contributed by atoms with Gasteiger partial charge in [-0.3, -0.25) is 9.63 Å². The lowest BCUT2D eigenvalue weighted by Gasteiger charge is -2.29. The van der Waals surface area contributed by atoms with Gasteiger partial charge in [0.2, 0.25) is 0 Å². The summed E-state index contributed by atoms with van der Waals surface area (Å²) in [5.41, 5.74) is 3.60. The zero-order valence-corrected chi connectivity index (χ0v) is 13.6. The van der Waals surface area contributed by atoms with Crippen LogP contribution in [0.4, 0.5) is 0 Å². The fraction of sp³-hybridized carbons (Fsp3) is 0.500. The summed E-state index contributed by atoms with van der Waals surface area (Å²) in [7, 11) is 1.47. The van der Waals surface area contributed by atoms with E-state index < -0.39 is 0 Å². The largest absolute Gasteiger partial charge is 0.277 e. The van der Waals surface area contributed by atoms with Gasteiger partial charge in [-0.2, -0.15) is 0 Å². The number of nitrogens with one attached hydrogen (secondary N) is 1. The van der Waals surface area contributed by atoms with Gasteiger partial charge in [-0.25, -0.2) is 5.48 Å². The van der Waals surface area contributed by atoms with Crippen molar-refractivity contribution in [3.63, 3.8) is 0 Å². The second-order valence-electron chi connectivity index (χ2n) is 6.11. The molecule has 1 aromatic carbocycles. The Bertz CT molecular complexity index is 452. The molecular formula is C18H27NO2. The quantitative estimate of drug-likeness (QED) is 0.575. The van der Waals surface area contributed by atoms with E-state index in [4.69, 9.17) is 4.84 Å². The Kier molecular flexibility index (Phi) is 7.17. The van der Waals surface area contributed by atoms with Crippen LogP contribution in [0.25, 0.3) is 0 Å². The van der Waals surface area contributed by atoms with Gasteiger partial charge in [0.05, 0.1) is 13.0 Å². The van der Waals surface area contributed by atoms with E-state index in [-0.39, 0.29) is 17.2 Å². The van der Waals surface area contributed by atoms with Gasteiger partial charge in [-0.15, -0.1) is 0 Å². The molecular weight excluding hydrogens is 262 g/mol. The molecule has 21 heavy (non-hydrogen) atoms. The Labute approximate surface area is 128 Å². The maximum atomic E-state index is 12.3. The Morgan fingerprint density at radius 1 is 1.33 bits per heavy atom. The highest BCUT2D eigenvalue weighted by Crippen LogP contribution is 2.35. The average Bonchev–Trinajstić information content (AvgIpc) is 2.46. The number of hydrogen-bond acceptors (Lipinski definition) is 2. The Hall–Kier alpha value is -1.61. The molecule has 3 nitrogen and oxygen atoms in total. The topological polar surface area (TPSA) is 38.3 Å². The molecule has 3 heteroatoms. The van der Waals surface area contributed by atoms with Gasteiger partial charge in [0.15, 0.2) is 0 Å². The lowest BCUT2D eigenvalue weighted by Crippen LogP contribution is -2.31. The number of hydroxylamine groups is 1. The number of benzene rings is 1. The first kappa shape index (κ1) is 17.4. The minimum Gasteiger partial charge on any atom is -0.277 e. The van der Waals surface area contributed by atoms with Crippen LogP contribution in [0.1, 0.15) is 51.5 Å². The summed E-state index contributed by atoms with van der Waals surface area (Å²) < 4.78 is 0. The maximum Gasteiger partial charge on any atom is 0.251 e. The molecule has 1 amide bonds. The molecule has 0 fully saturated rings. The molecule has 1 atom stereocenters. The summed E-state index contributed by atoms with van der Waals surface area (Å²) in [6.07, 6.45) is 7.14. The molecule has 0 bridgehead atoms. The van der Waals surface area contributed by atoms with Gasteiger partial charge in [-0.05, 0) is 37.2 Å². The van der Waals surface area contributed by atoms with Gasteiger partial charge in [0.1, 0.15) is 0 Å². The van der Waals surface area contributed by atoms with E-state index >= 15 is 0 Å². The van der Waals surface area contributed by atoms with Gasteiger partial charge in [0.25, 0.3) is 5.91 Å². The standard InChI is InChI=1S/C18H27NO2/c1-5-6-10-13-18(2,3)14-16(17(20)19-21-4)15-11-8-7-9-12-15/h5-9,11-12,16H,10,13-14H2,1-4H3,(H,19,20)/b6-5+. The van der Waals surface area contributed by atoms with E-state index in [1.54, 1.807) is 0 Å². The molecule has 0 aromatic heterocycles. The number of carbonyl (C=O) groups excluding carboxylic acids is 1. The van der Waals surface area contributed by atoms with E-state index in [9.17, 15) is 4.79 Å². The zero-order valence-electron chi connectivity index (χ0n) is 13.6. The maximum absolute atomic E-state index is 12.3. The molecule has 0 aliphatic rings. The molecule has 0 aliphatic heterocycles. The molecule has 1 rings (SSSR count). The fourth-order valence-electron chi connectivity index (χ4n) is 2.51. The number of carbonyl (C=O) groups is 1. The molecule has 0 spiro atoms. The van der Waals surface area contributed by atoms with E-state index in [1.165, 1.54) is 7.11 Å². The molecule has 1 aromatic rings. The Balaban J connectivity index is 2.84. The SMILES string of the molecule is C/C=C/CCC(C)(C)CC(C(=O)NOC)c1ccccc1. The van der Waals surface area contributed by atoms with Crippen LogP contribution in [0.3, 0.4) is 0 Å². The van der Waals surface area contributed by atoms with Crippen molar-refractivity contribution in [1.29, 1.82) is 0 Å². The zero-order chi connectivity index (χ0) is 15.7. The summed E-state index contributed by atoms with van der Waals surface area (Å²) in [5, 5.41) is 0. The van der Waals surface area contributed by atoms with Crippen LogP contribution in [0.2, 0.25) is 0 Å². The predicted molar refractivity (Wildman–Crippen MR) is 86.8 cm³/mol. The molecule has 0 heterocycles. The van der Waals surface area contributed by atoms with Crippen molar-refractivity contribution in [2.45, 2.75) is 46.0 Å². The van der Waals surface area contributed by atoms with Crippen molar-refractivity contribution in [3.8, 4) is 0 Å². The monoisotopic (exact) mass is 289 g/mol. The molecule has 1 N–H and O–H groups in total. The highest BCUT2D eigenvalue weighted by Gasteiger charge is 2.28. The lowest BCUT2D eigenvalue weighted by molar-refractivity contribution is -0.133. The fourth-order valence-corrected chi connectivity index (χ4v) is 2.51. The average molecular weight is 289 g/mol. The number of hydrogen-bond donors (Lipinski definition) is 1. The minimum atomic E-state index is -0.188. The molecule has 0 saturated carbocycles. The molecule has 0 radical (unpaired) electrons. The molecule has 116 valence electrons. The summed E-state index contributed by atoms with van der Waals surface area (Å²) >= 11 is 0. The van der Waals surface area contributed by atoms with Crippen molar-refractivity contribution >= 4 is 5.91 Å². The first-order chi connectivity index (χ1) is 10.00. The van der Waals surface area contributed by atoms with Gasteiger partial charge in [0, 0.05) is 0 Å². The van der Waals surface area contributed by atoms with Crippen LogP contribution < -0.4 is 5.48 Å². The van der Waals surface area contributed by atoms with Gasteiger partial charge >= 0.3 is 0 Å². The summed E-state index contributed by atoms with van der Waals surface area (Å²) in [6.45, 7) is 6.46. The number of rotatable bonds is 8. The third-order valence-corrected chi connectivity index (χ3v) is 3.70. The third kappa shape index (κ3) is 6.13. The summed E-state index contributed by atoms with van der Waals surface area (Å²) in [6, 6.07) is 9.90. The van der Waals surface area contributed by atoms with E-state index in [1.807, 2.05) is 37.3 Å². The van der Waals surface area contributed by atoms with Crippen molar-refractivity contribution in [2.75, 3.05) is 7.11 Å². The summed E-state index contributed by atoms with van der Waals surface area (Å²) in [4.78, 5) is 17.1. The first-order valence-electron chi connectivity index (χ1n) is 7.49. The van der Waals surface area contributed by atoms with Crippen molar-refractivity contribution < 1.29 is 9.63 Å². The van der Waals surface area contributed by atoms with Crippen LogP contribution in [-0.4, -0.2) is 13.0 Å². The van der Waals surface area contributed by atoms with Crippen LogP contribution in [0.15, 0.2) is 42.5 Å². The Morgan fingerprint density at radius 2 is 2.00 bits per heavy atom. The van der Waals surface area contributed by atoms with Crippen LogP contribution in [0.5, 0.6) is 0 Å². The van der Waals surface area contributed by atoms with Crippen LogP contribution >= 0.6 is 0 Å². The number of amides is 1. The minimum absolute atomic E-state index is 0.0807. The third-order valence-electron chi connectivity index (χ3n) is 3.70. The number of allylic oxidation sites excluding steroid dienone is 2. The second-order valence-corrected chi connectivity index (χ2v) is 6.11. The highest BCUT2D eigenvalue weighted by molar-refractivity contribution is 5.82. The van der Waals surface area contributed by atoms with Crippen molar-refractivity contribution in [3.05, 3.63) is 48.0 Å². The van der Waals surface area contributed by atoms with E-state index in [2.05, 4.69) is 31.5 Å². The van der Waals surface area contributed by atoms with Crippen molar-refractivity contribution in [2.24, 2.45) is 5.41 Å². The second kappa shape index (κ2) is 8.63. The lowest BCUT2D eigenvalue weighted by atomic mass is 9.76. The van der Waals surface area contributed by atoms with Crippen LogP contribution in [0, 0.1) is 5.41 Å². The van der Waals surface area contributed by atoms with E-state index in [0.717, 1.165) is 24.8 Å². The smallest absolute Gasteiger partial charge is 0.251 e. The first-order valence-corrected chi connectivity index (χ1v) is 7.49. The highest BCUT2D eigenvalue weighted by atomic mass is 16.6. The predicted octanol–water partition coefficient (Wildman–Crippen LogP) is 4.22. The molecule has 0 saturated heterocycles.